The molecular weight excluding hydrogens is 396 g/mol. The van der Waals surface area contributed by atoms with Crippen molar-refractivity contribution in [1.29, 1.82) is 0 Å². The second-order valence-corrected chi connectivity index (χ2v) is 7.99. The number of nitrogens with zero attached hydrogens (tertiary/aromatic N) is 6. The molecule has 3 heterocycles. The molecular formula is C22H28N6O3. The van der Waals surface area contributed by atoms with Crippen LogP contribution in [0.25, 0.3) is 5.69 Å². The molecule has 2 atom stereocenters. The fourth-order valence-electron chi connectivity index (χ4n) is 3.87. The fraction of sp³-hybridized carbons (Fsp3) is 0.455. The Labute approximate surface area is 180 Å². The van der Waals surface area contributed by atoms with Crippen LogP contribution in [0.3, 0.4) is 0 Å². The second kappa shape index (κ2) is 8.79. The molecule has 9 nitrogen and oxygen atoms in total. The zero-order chi connectivity index (χ0) is 22.0. The molecule has 31 heavy (non-hydrogen) atoms. The van der Waals surface area contributed by atoms with E-state index in [-0.39, 0.29) is 23.4 Å². The van der Waals surface area contributed by atoms with Crippen LogP contribution >= 0.6 is 0 Å². The number of benzene rings is 1. The Balaban J connectivity index is 1.68. The monoisotopic (exact) mass is 424 g/mol. The van der Waals surface area contributed by atoms with Gasteiger partial charge >= 0.3 is 11.4 Å². The Morgan fingerprint density at radius 2 is 1.84 bits per heavy atom. The molecule has 9 heteroatoms. The standard InChI is InChI=1S/C22H28N6O3/c1-4-5-11-26-21(29)28(22(30)27(26)13-18-9-7-6-8-10-18)19-12-23-25(14-19)15-20-16(2)24-31-17(20)3/h6-10,12,14,17,20H,4-5,11,13,15H2,1-3H3. The molecule has 2 aromatic heterocycles. The van der Waals surface area contributed by atoms with E-state index in [0.717, 1.165) is 24.1 Å². The molecule has 0 aliphatic carbocycles. The predicted molar refractivity (Wildman–Crippen MR) is 118 cm³/mol. The number of unbranched alkanes of at least 4 members (excludes halogenated alkanes) is 1. The zero-order valence-electron chi connectivity index (χ0n) is 18.1. The van der Waals surface area contributed by atoms with Crippen LogP contribution in [-0.2, 0) is 24.5 Å². The van der Waals surface area contributed by atoms with E-state index in [9.17, 15) is 9.59 Å². The fourth-order valence-corrected chi connectivity index (χ4v) is 3.87. The Hall–Kier alpha value is -3.36. The Morgan fingerprint density at radius 1 is 1.10 bits per heavy atom. The van der Waals surface area contributed by atoms with Gasteiger partial charge in [-0.05, 0) is 25.8 Å². The van der Waals surface area contributed by atoms with E-state index >= 15 is 0 Å². The summed E-state index contributed by atoms with van der Waals surface area (Å²) in [6.45, 7) is 7.36. The van der Waals surface area contributed by atoms with Crippen molar-refractivity contribution in [3.8, 4) is 5.69 Å². The summed E-state index contributed by atoms with van der Waals surface area (Å²) in [6, 6.07) is 9.68. The molecule has 4 rings (SSSR count). The van der Waals surface area contributed by atoms with Gasteiger partial charge in [0.05, 0.1) is 36.6 Å². The molecule has 0 bridgehead atoms. The largest absolute Gasteiger partial charge is 0.392 e. The summed E-state index contributed by atoms with van der Waals surface area (Å²) in [6.07, 6.45) is 5.01. The van der Waals surface area contributed by atoms with Crippen molar-refractivity contribution in [3.63, 3.8) is 0 Å². The first-order valence-electron chi connectivity index (χ1n) is 10.7. The van der Waals surface area contributed by atoms with Gasteiger partial charge in [-0.2, -0.15) is 5.10 Å². The molecule has 0 N–H and O–H groups in total. The average Bonchev–Trinajstić information content (AvgIpc) is 3.41. The van der Waals surface area contributed by atoms with Crippen molar-refractivity contribution in [3.05, 3.63) is 69.3 Å². The van der Waals surface area contributed by atoms with Crippen molar-refractivity contribution < 1.29 is 4.84 Å². The van der Waals surface area contributed by atoms with Gasteiger partial charge in [0, 0.05) is 12.7 Å². The van der Waals surface area contributed by atoms with Crippen molar-refractivity contribution in [1.82, 2.24) is 23.7 Å². The number of hydrogen-bond acceptors (Lipinski definition) is 5. The Bertz CT molecular complexity index is 1180. The molecule has 2 unspecified atom stereocenters. The highest BCUT2D eigenvalue weighted by atomic mass is 16.6. The van der Waals surface area contributed by atoms with E-state index < -0.39 is 0 Å². The van der Waals surface area contributed by atoms with Crippen LogP contribution in [-0.4, -0.2) is 35.5 Å². The molecule has 0 fully saturated rings. The van der Waals surface area contributed by atoms with Crippen LogP contribution < -0.4 is 11.4 Å². The molecule has 0 amide bonds. The van der Waals surface area contributed by atoms with Crippen LogP contribution in [0.5, 0.6) is 0 Å². The van der Waals surface area contributed by atoms with E-state index in [1.165, 1.54) is 9.25 Å². The summed E-state index contributed by atoms with van der Waals surface area (Å²) in [5.74, 6) is 0.105. The minimum atomic E-state index is -0.361. The first-order valence-corrected chi connectivity index (χ1v) is 10.7. The Kier molecular flexibility index (Phi) is 5.92. The van der Waals surface area contributed by atoms with Gasteiger partial charge < -0.3 is 4.84 Å². The normalized spacial score (nSPS) is 18.2. The molecule has 1 aliphatic rings. The lowest BCUT2D eigenvalue weighted by Gasteiger charge is -2.13. The summed E-state index contributed by atoms with van der Waals surface area (Å²) in [5, 5.41) is 8.42. The minimum absolute atomic E-state index is 0.0337. The van der Waals surface area contributed by atoms with Gasteiger partial charge in [-0.3, -0.25) is 4.68 Å². The molecule has 0 saturated carbocycles. The van der Waals surface area contributed by atoms with E-state index in [0.29, 0.717) is 25.3 Å². The van der Waals surface area contributed by atoms with Crippen LogP contribution in [0.1, 0.15) is 39.2 Å². The summed E-state index contributed by atoms with van der Waals surface area (Å²) in [7, 11) is 0. The lowest BCUT2D eigenvalue weighted by Crippen LogP contribution is -2.27. The van der Waals surface area contributed by atoms with E-state index in [1.807, 2.05) is 44.2 Å². The first-order chi connectivity index (χ1) is 15.0. The van der Waals surface area contributed by atoms with Gasteiger partial charge in [-0.1, -0.05) is 48.8 Å². The van der Waals surface area contributed by atoms with Crippen molar-refractivity contribution >= 4 is 5.71 Å². The third-order valence-electron chi connectivity index (χ3n) is 5.74. The highest BCUT2D eigenvalue weighted by Crippen LogP contribution is 2.20. The van der Waals surface area contributed by atoms with Crippen molar-refractivity contribution in [2.45, 2.75) is 59.4 Å². The van der Waals surface area contributed by atoms with E-state index in [2.05, 4.69) is 17.2 Å². The SMILES string of the molecule is CCCCn1c(=O)n(-c2cnn(CC3C(C)=NOC3C)c2)c(=O)n1Cc1ccccc1. The maximum Gasteiger partial charge on any atom is 0.352 e. The number of rotatable bonds is 8. The molecule has 0 saturated heterocycles. The van der Waals surface area contributed by atoms with Crippen molar-refractivity contribution in [2.75, 3.05) is 0 Å². The van der Waals surface area contributed by atoms with Crippen molar-refractivity contribution in [2.24, 2.45) is 11.1 Å². The third-order valence-corrected chi connectivity index (χ3v) is 5.74. The lowest BCUT2D eigenvalue weighted by molar-refractivity contribution is 0.0712. The predicted octanol–water partition coefficient (Wildman–Crippen LogP) is 2.26. The molecule has 164 valence electrons. The maximum absolute atomic E-state index is 13.3. The summed E-state index contributed by atoms with van der Waals surface area (Å²) in [5.41, 5.74) is 1.64. The highest BCUT2D eigenvalue weighted by Gasteiger charge is 2.28. The first kappa shape index (κ1) is 20.9. The molecule has 1 aliphatic heterocycles. The summed E-state index contributed by atoms with van der Waals surface area (Å²) in [4.78, 5) is 31.8. The lowest BCUT2D eigenvalue weighted by atomic mass is 10.00. The van der Waals surface area contributed by atoms with Gasteiger partial charge in [0.1, 0.15) is 6.10 Å². The molecule has 1 aromatic carbocycles. The van der Waals surface area contributed by atoms with Crippen LogP contribution in [0.2, 0.25) is 0 Å². The number of oxime groups is 1. The smallest absolute Gasteiger partial charge is 0.352 e. The van der Waals surface area contributed by atoms with Gasteiger partial charge in [0.25, 0.3) is 0 Å². The highest BCUT2D eigenvalue weighted by molar-refractivity contribution is 5.85. The van der Waals surface area contributed by atoms with Gasteiger partial charge in [-0.15, -0.1) is 0 Å². The maximum atomic E-state index is 13.3. The zero-order valence-corrected chi connectivity index (χ0v) is 18.1. The van der Waals surface area contributed by atoms with Crippen LogP contribution in [0.4, 0.5) is 0 Å². The van der Waals surface area contributed by atoms with E-state index in [4.69, 9.17) is 4.84 Å². The third kappa shape index (κ3) is 4.12. The number of aromatic nitrogens is 5. The molecule has 0 spiro atoms. The summed E-state index contributed by atoms with van der Waals surface area (Å²) >= 11 is 0. The second-order valence-electron chi connectivity index (χ2n) is 7.99. The van der Waals surface area contributed by atoms with E-state index in [1.54, 1.807) is 21.8 Å². The van der Waals surface area contributed by atoms with Gasteiger partial charge in [-0.25, -0.2) is 23.5 Å². The number of hydrogen-bond donors (Lipinski definition) is 0. The molecule has 3 aromatic rings. The topological polar surface area (TPSA) is 88.3 Å². The Morgan fingerprint density at radius 3 is 2.52 bits per heavy atom. The summed E-state index contributed by atoms with van der Waals surface area (Å²) < 4.78 is 6.01. The van der Waals surface area contributed by atoms with Crippen LogP contribution in [0.15, 0.2) is 57.5 Å². The average molecular weight is 425 g/mol. The quantitative estimate of drug-likeness (QED) is 0.555. The van der Waals surface area contributed by atoms with Crippen LogP contribution in [0, 0.1) is 5.92 Å². The van der Waals surface area contributed by atoms with Gasteiger partial charge in [0.15, 0.2) is 0 Å². The molecule has 0 radical (unpaired) electrons. The minimum Gasteiger partial charge on any atom is -0.392 e. The van der Waals surface area contributed by atoms with Gasteiger partial charge in [0.2, 0.25) is 0 Å².